The minimum absolute atomic E-state index is 0.00328. The van der Waals surface area contributed by atoms with E-state index >= 15 is 0 Å². The quantitative estimate of drug-likeness (QED) is 0.206. The van der Waals surface area contributed by atoms with Gasteiger partial charge in [-0.05, 0) is 164 Å². The Bertz CT molecular complexity index is 1710. The molecule has 0 radical (unpaired) electrons. The van der Waals surface area contributed by atoms with Crippen molar-refractivity contribution in [2.45, 2.75) is 140 Å². The van der Waals surface area contributed by atoms with Crippen molar-refractivity contribution < 1.29 is 43.2 Å². The summed E-state index contributed by atoms with van der Waals surface area (Å²) in [4.78, 5) is 55.0. The van der Waals surface area contributed by atoms with Crippen molar-refractivity contribution in [2.24, 2.45) is 21.7 Å². The Morgan fingerprint density at radius 3 is 1.18 bits per heavy atom. The third-order valence-electron chi connectivity index (χ3n) is 15.4. The van der Waals surface area contributed by atoms with E-state index < -0.39 is 11.4 Å². The largest absolute Gasteiger partial charge is 0.481 e. The molecule has 6 bridgehead atoms. The van der Waals surface area contributed by atoms with Crippen LogP contribution in [0.15, 0.2) is 24.5 Å². The maximum absolute atomic E-state index is 12.1. The van der Waals surface area contributed by atoms with E-state index in [9.17, 15) is 24.3 Å². The number of rotatable bonds is 8. The van der Waals surface area contributed by atoms with Gasteiger partial charge in [-0.2, -0.15) is 0 Å². The SMILES string of the molecule is COC(=O)C12CCC(C(=O)O)(CC1)CC2.COC(=O)C12CCC(c3cnc(OC)c(C)c3)(CC1)CC2.COc1ncc(C23CCC(C=O)(CC2)CC3)cc1C. The predicted octanol–water partition coefficient (Wildman–Crippen LogP) is 7.94. The van der Waals surface area contributed by atoms with Crippen LogP contribution >= 0.6 is 0 Å². The first kappa shape index (κ1) is 40.6. The summed E-state index contributed by atoms with van der Waals surface area (Å²) in [6.45, 7) is 4.09. The number of carboxylic acid groups (broad SMARTS) is 1. The van der Waals surface area contributed by atoms with E-state index in [-0.39, 0.29) is 39.0 Å². The van der Waals surface area contributed by atoms with E-state index in [1.807, 2.05) is 26.2 Å². The van der Waals surface area contributed by atoms with Gasteiger partial charge in [0.1, 0.15) is 6.29 Å². The molecule has 9 saturated carbocycles. The van der Waals surface area contributed by atoms with Crippen molar-refractivity contribution in [3.05, 3.63) is 46.8 Å². The average molecular weight is 761 g/mol. The fourth-order valence-corrected chi connectivity index (χ4v) is 11.1. The summed E-state index contributed by atoms with van der Waals surface area (Å²) < 4.78 is 20.3. The molecular weight excluding hydrogens is 700 g/mol. The lowest BCUT2D eigenvalue weighted by Gasteiger charge is -2.52. The normalized spacial score (nSPS) is 33.9. The summed E-state index contributed by atoms with van der Waals surface area (Å²) >= 11 is 0. The van der Waals surface area contributed by atoms with Crippen LogP contribution < -0.4 is 9.47 Å². The lowest BCUT2D eigenvalue weighted by atomic mass is 9.52. The molecule has 2 aromatic rings. The number of aliphatic carboxylic acids is 1. The Morgan fingerprint density at radius 2 is 0.891 bits per heavy atom. The predicted molar refractivity (Wildman–Crippen MR) is 205 cm³/mol. The van der Waals surface area contributed by atoms with Crippen molar-refractivity contribution >= 4 is 24.2 Å². The number of carbonyl (C=O) groups excluding carboxylic acids is 3. The Kier molecular flexibility index (Phi) is 11.4. The van der Waals surface area contributed by atoms with Crippen LogP contribution in [0, 0.1) is 35.5 Å². The van der Waals surface area contributed by atoms with Gasteiger partial charge >= 0.3 is 17.9 Å². The molecule has 9 aliphatic rings. The zero-order valence-corrected chi connectivity index (χ0v) is 33.7. The number of carboxylic acids is 1. The zero-order valence-electron chi connectivity index (χ0n) is 33.7. The van der Waals surface area contributed by atoms with Crippen LogP contribution in [0.5, 0.6) is 11.8 Å². The molecule has 11 nitrogen and oxygen atoms in total. The van der Waals surface area contributed by atoms with E-state index in [4.69, 9.17) is 18.9 Å². The van der Waals surface area contributed by atoms with Gasteiger partial charge in [0.05, 0.1) is 44.7 Å². The summed E-state index contributed by atoms with van der Waals surface area (Å²) in [5, 5.41) is 9.18. The number of ether oxygens (including phenoxy) is 4. The number of nitrogens with zero attached hydrogens (tertiary/aromatic N) is 2. The maximum Gasteiger partial charge on any atom is 0.311 e. The third kappa shape index (κ3) is 7.25. The number of pyridine rings is 2. The first-order chi connectivity index (χ1) is 26.2. The molecule has 0 amide bonds. The summed E-state index contributed by atoms with van der Waals surface area (Å²) in [6.07, 6.45) is 21.5. The van der Waals surface area contributed by atoms with Crippen molar-refractivity contribution in [2.75, 3.05) is 28.4 Å². The van der Waals surface area contributed by atoms with Crippen LogP contribution in [0.25, 0.3) is 0 Å². The van der Waals surface area contributed by atoms with Crippen molar-refractivity contribution in [3.63, 3.8) is 0 Å². The number of aromatic nitrogens is 2. The number of hydrogen-bond acceptors (Lipinski definition) is 10. The molecule has 0 saturated heterocycles. The van der Waals surface area contributed by atoms with Gasteiger partial charge in [0.15, 0.2) is 0 Å². The number of hydrogen-bond donors (Lipinski definition) is 1. The smallest absolute Gasteiger partial charge is 0.311 e. The molecule has 1 N–H and O–H groups in total. The van der Waals surface area contributed by atoms with Gasteiger partial charge in [-0.15, -0.1) is 0 Å². The lowest BCUT2D eigenvalue weighted by molar-refractivity contribution is -0.172. The highest BCUT2D eigenvalue weighted by molar-refractivity contribution is 5.80. The third-order valence-corrected chi connectivity index (χ3v) is 15.4. The van der Waals surface area contributed by atoms with Gasteiger partial charge < -0.3 is 28.8 Å². The molecule has 9 aliphatic carbocycles. The minimum atomic E-state index is -0.694. The second-order valence-electron chi connectivity index (χ2n) is 17.8. The van der Waals surface area contributed by atoms with Crippen LogP contribution in [0.2, 0.25) is 0 Å². The molecule has 0 aliphatic heterocycles. The number of esters is 2. The zero-order chi connectivity index (χ0) is 39.7. The summed E-state index contributed by atoms with van der Waals surface area (Å²) in [7, 11) is 6.22. The van der Waals surface area contributed by atoms with E-state index in [2.05, 4.69) is 22.1 Å². The van der Waals surface area contributed by atoms with Gasteiger partial charge in [0.2, 0.25) is 11.8 Å². The number of aryl methyl sites for hydroxylation is 2. The fourth-order valence-electron chi connectivity index (χ4n) is 11.1. The van der Waals surface area contributed by atoms with Crippen LogP contribution in [-0.4, -0.2) is 67.7 Å². The molecule has 0 spiro atoms. The number of aldehydes is 1. The first-order valence-corrected chi connectivity index (χ1v) is 20.1. The molecule has 0 unspecified atom stereocenters. The lowest BCUT2D eigenvalue weighted by Crippen LogP contribution is -2.49. The molecule has 0 aromatic carbocycles. The van der Waals surface area contributed by atoms with E-state index in [0.717, 1.165) is 88.2 Å². The molecule has 11 rings (SSSR count). The number of methoxy groups -OCH3 is 4. The molecule has 9 fully saturated rings. The Balaban J connectivity index is 0.000000142. The molecule has 300 valence electrons. The standard InChI is InChI=1S/C17H23NO3.C16H21NO2.C11H16O4/c1-12-10-13(11-18-14(12)20-2)16-4-7-17(8-5-16,9-6-16)15(19)21-3;1-12-9-13(10-17-14(12)19-2)16-6-3-15(11-18,4-7-16)5-8-16;1-15-9(14)11-5-2-10(3-6-11,4-7-11)8(12)13/h10-11H,4-9H2,1-3H3;9-11H,3-8H2,1-2H3;2-7H2,1H3,(H,12,13). The number of carbonyl (C=O) groups is 4. The fraction of sp³-hybridized carbons (Fsp3) is 0.682. The van der Waals surface area contributed by atoms with Crippen LogP contribution in [0.3, 0.4) is 0 Å². The maximum atomic E-state index is 12.1. The van der Waals surface area contributed by atoms with Crippen LogP contribution in [0.4, 0.5) is 0 Å². The summed E-state index contributed by atoms with van der Waals surface area (Å²) in [5.41, 5.74) is 4.15. The molecule has 55 heavy (non-hydrogen) atoms. The summed E-state index contributed by atoms with van der Waals surface area (Å²) in [5.74, 6) is 0.557. The molecular formula is C44H60N2O9. The highest BCUT2D eigenvalue weighted by Crippen LogP contribution is 2.60. The van der Waals surface area contributed by atoms with Gasteiger partial charge in [-0.3, -0.25) is 14.4 Å². The van der Waals surface area contributed by atoms with E-state index in [1.165, 1.54) is 31.6 Å². The summed E-state index contributed by atoms with van der Waals surface area (Å²) in [6, 6.07) is 4.44. The highest BCUT2D eigenvalue weighted by Gasteiger charge is 2.57. The van der Waals surface area contributed by atoms with Crippen molar-refractivity contribution in [1.29, 1.82) is 0 Å². The molecule has 2 heterocycles. The topological polar surface area (TPSA) is 151 Å². The van der Waals surface area contributed by atoms with Crippen molar-refractivity contribution in [3.8, 4) is 11.8 Å². The average Bonchev–Trinajstić information content (AvgIpc) is 3.25. The highest BCUT2D eigenvalue weighted by atomic mass is 16.5. The Morgan fingerprint density at radius 1 is 0.564 bits per heavy atom. The van der Waals surface area contributed by atoms with Gasteiger partial charge in [0.25, 0.3) is 0 Å². The van der Waals surface area contributed by atoms with Gasteiger partial charge in [0, 0.05) is 28.9 Å². The van der Waals surface area contributed by atoms with Crippen molar-refractivity contribution in [1.82, 2.24) is 9.97 Å². The Hall–Kier alpha value is -4.02. The van der Waals surface area contributed by atoms with Crippen LogP contribution in [-0.2, 0) is 39.5 Å². The minimum Gasteiger partial charge on any atom is -0.481 e. The van der Waals surface area contributed by atoms with E-state index in [1.54, 1.807) is 14.2 Å². The Labute approximate surface area is 325 Å². The van der Waals surface area contributed by atoms with Gasteiger partial charge in [-0.25, -0.2) is 9.97 Å². The van der Waals surface area contributed by atoms with Crippen LogP contribution in [0.1, 0.15) is 138 Å². The van der Waals surface area contributed by atoms with E-state index in [0.29, 0.717) is 50.3 Å². The first-order valence-electron chi connectivity index (χ1n) is 20.1. The molecule has 11 heteroatoms. The second kappa shape index (κ2) is 15.5. The molecule has 2 aromatic heterocycles. The second-order valence-corrected chi connectivity index (χ2v) is 17.8. The number of fused-ring (bicyclic) bond motifs is 9. The van der Waals surface area contributed by atoms with Gasteiger partial charge in [-0.1, -0.05) is 0 Å². The monoisotopic (exact) mass is 760 g/mol. The molecule has 0 atom stereocenters.